The molecule has 0 saturated carbocycles. The van der Waals surface area contributed by atoms with Crippen molar-refractivity contribution in [3.8, 4) is 11.1 Å². The molecule has 0 aromatic heterocycles. The highest BCUT2D eigenvalue weighted by Crippen LogP contribution is 2.44. The van der Waals surface area contributed by atoms with E-state index in [0.717, 1.165) is 22.3 Å². The number of hydrogen-bond donors (Lipinski definition) is 2. The Morgan fingerprint density at radius 1 is 1.09 bits per heavy atom. The number of fused-ring (bicyclic) bond motifs is 3. The Morgan fingerprint density at radius 3 is 2.23 bits per heavy atom. The number of amides is 2. The van der Waals surface area contributed by atoms with Crippen molar-refractivity contribution in [3.63, 3.8) is 0 Å². The minimum Gasteiger partial charge on any atom is -0.479 e. The van der Waals surface area contributed by atoms with Crippen molar-refractivity contribution in [3.05, 3.63) is 59.7 Å². The Balaban J connectivity index is 1.47. The van der Waals surface area contributed by atoms with E-state index in [9.17, 15) is 19.5 Å². The lowest BCUT2D eigenvalue weighted by atomic mass is 9.91. The molecule has 4 rings (SSSR count). The fraction of sp³-hybridized carbons (Fsp3) is 0.464. The highest BCUT2D eigenvalue weighted by molar-refractivity contribution is 5.92. The van der Waals surface area contributed by atoms with Crippen molar-refractivity contribution in [1.82, 2.24) is 10.2 Å². The smallest absolute Gasteiger partial charge is 0.407 e. The number of aliphatic carboxylic acids is 1. The maximum Gasteiger partial charge on any atom is 0.407 e. The Labute approximate surface area is 206 Å². The zero-order valence-electron chi connectivity index (χ0n) is 20.6. The average molecular weight is 479 g/mol. The molecule has 2 aliphatic rings. The van der Waals surface area contributed by atoms with Crippen LogP contribution in [-0.2, 0) is 14.3 Å². The van der Waals surface area contributed by atoms with Gasteiger partial charge in [-0.05, 0) is 53.9 Å². The molecular formula is C28H34N2O5. The maximum absolute atomic E-state index is 13.5. The molecule has 0 radical (unpaired) electrons. The van der Waals surface area contributed by atoms with Crippen molar-refractivity contribution >= 4 is 18.0 Å². The normalized spacial score (nSPS) is 19.8. The van der Waals surface area contributed by atoms with Crippen LogP contribution in [0.1, 0.15) is 63.5 Å². The molecule has 2 aromatic rings. The summed E-state index contributed by atoms with van der Waals surface area (Å²) >= 11 is 0. The van der Waals surface area contributed by atoms with E-state index >= 15 is 0 Å². The third kappa shape index (κ3) is 4.64. The summed E-state index contributed by atoms with van der Waals surface area (Å²) in [5, 5.41) is 12.6. The second kappa shape index (κ2) is 10.1. The van der Waals surface area contributed by atoms with E-state index in [-0.39, 0.29) is 24.3 Å². The monoisotopic (exact) mass is 478 g/mol. The zero-order valence-corrected chi connectivity index (χ0v) is 20.6. The Bertz CT molecular complexity index is 1070. The van der Waals surface area contributed by atoms with E-state index < -0.39 is 23.6 Å². The number of rotatable bonds is 8. The first kappa shape index (κ1) is 24.8. The first-order valence-electron chi connectivity index (χ1n) is 12.4. The number of carbonyl (C=O) groups excluding carboxylic acids is 2. The minimum atomic E-state index is -1.21. The molecule has 0 spiro atoms. The van der Waals surface area contributed by atoms with E-state index in [1.807, 2.05) is 38.1 Å². The largest absolute Gasteiger partial charge is 0.479 e. The van der Waals surface area contributed by atoms with E-state index in [1.165, 1.54) is 4.90 Å². The second-order valence-electron chi connectivity index (χ2n) is 9.94. The molecule has 1 aliphatic carbocycles. The summed E-state index contributed by atoms with van der Waals surface area (Å²) in [6.07, 6.45) is 1.11. The molecule has 2 amide bonds. The first-order chi connectivity index (χ1) is 16.8. The molecule has 1 saturated heterocycles. The molecule has 1 heterocycles. The number of carbonyl (C=O) groups is 3. The minimum absolute atomic E-state index is 0.0780. The van der Waals surface area contributed by atoms with Crippen LogP contribution >= 0.6 is 0 Å². The number of carboxylic acid groups (broad SMARTS) is 1. The van der Waals surface area contributed by atoms with Crippen LogP contribution in [0.15, 0.2) is 48.5 Å². The van der Waals surface area contributed by atoms with Gasteiger partial charge in [-0.1, -0.05) is 69.3 Å². The van der Waals surface area contributed by atoms with Gasteiger partial charge in [0.05, 0.1) is 0 Å². The third-order valence-corrected chi connectivity index (χ3v) is 7.38. The van der Waals surface area contributed by atoms with Crippen molar-refractivity contribution in [2.45, 2.75) is 64.0 Å². The van der Waals surface area contributed by atoms with Crippen LogP contribution in [0.3, 0.4) is 0 Å². The summed E-state index contributed by atoms with van der Waals surface area (Å²) in [4.78, 5) is 39.9. The van der Waals surface area contributed by atoms with Crippen LogP contribution in [-0.4, -0.2) is 52.7 Å². The van der Waals surface area contributed by atoms with Crippen LogP contribution in [0.4, 0.5) is 4.79 Å². The standard InChI is InChI=1S/C28H34N2O5/c1-4-28(26(32)33)14-9-15-30(28)25(31)24(16-18(2)3)29-27(34)35-17-23-21-12-7-5-10-19(21)20-11-6-8-13-22(20)23/h5-8,10-13,18,23-24H,4,9,14-17H2,1-3H3,(H,29,34)(H,32,33). The molecule has 35 heavy (non-hydrogen) atoms. The van der Waals surface area contributed by atoms with E-state index in [4.69, 9.17) is 4.74 Å². The van der Waals surface area contributed by atoms with E-state index in [0.29, 0.717) is 32.2 Å². The predicted octanol–water partition coefficient (Wildman–Crippen LogP) is 4.80. The number of nitrogens with zero attached hydrogens (tertiary/aromatic N) is 1. The third-order valence-electron chi connectivity index (χ3n) is 7.38. The number of nitrogens with one attached hydrogen (secondary N) is 1. The van der Waals surface area contributed by atoms with Crippen LogP contribution in [0.25, 0.3) is 11.1 Å². The molecular weight excluding hydrogens is 444 g/mol. The lowest BCUT2D eigenvalue weighted by Gasteiger charge is -2.36. The Morgan fingerprint density at radius 2 is 1.69 bits per heavy atom. The lowest BCUT2D eigenvalue weighted by molar-refractivity contribution is -0.157. The number of hydrogen-bond acceptors (Lipinski definition) is 4. The van der Waals surface area contributed by atoms with Gasteiger partial charge < -0.3 is 20.1 Å². The summed E-state index contributed by atoms with van der Waals surface area (Å²) < 4.78 is 5.65. The van der Waals surface area contributed by atoms with Gasteiger partial charge in [-0.2, -0.15) is 0 Å². The highest BCUT2D eigenvalue weighted by atomic mass is 16.5. The molecule has 0 bridgehead atoms. The van der Waals surface area contributed by atoms with Crippen molar-refractivity contribution in [2.24, 2.45) is 5.92 Å². The summed E-state index contributed by atoms with van der Waals surface area (Å²) in [6, 6.07) is 15.4. The summed E-state index contributed by atoms with van der Waals surface area (Å²) in [5.41, 5.74) is 3.30. The molecule has 1 aliphatic heterocycles. The van der Waals surface area contributed by atoms with Gasteiger partial charge in [-0.3, -0.25) is 4.79 Å². The first-order valence-corrected chi connectivity index (χ1v) is 12.4. The quantitative estimate of drug-likeness (QED) is 0.568. The van der Waals surface area contributed by atoms with E-state index in [1.54, 1.807) is 6.92 Å². The molecule has 186 valence electrons. The molecule has 7 heteroatoms. The van der Waals surface area contributed by atoms with Gasteiger partial charge in [0, 0.05) is 12.5 Å². The van der Waals surface area contributed by atoms with Gasteiger partial charge in [-0.25, -0.2) is 9.59 Å². The summed E-state index contributed by atoms with van der Waals surface area (Å²) in [6.45, 7) is 6.25. The molecule has 2 unspecified atom stereocenters. The zero-order chi connectivity index (χ0) is 25.2. The van der Waals surface area contributed by atoms with Gasteiger partial charge >= 0.3 is 12.1 Å². The van der Waals surface area contributed by atoms with Gasteiger partial charge in [0.2, 0.25) is 5.91 Å². The molecule has 2 aromatic carbocycles. The van der Waals surface area contributed by atoms with Crippen LogP contribution in [0.2, 0.25) is 0 Å². The van der Waals surface area contributed by atoms with Crippen LogP contribution in [0.5, 0.6) is 0 Å². The van der Waals surface area contributed by atoms with Gasteiger partial charge in [0.15, 0.2) is 0 Å². The highest BCUT2D eigenvalue weighted by Gasteiger charge is 2.50. The number of ether oxygens (including phenoxy) is 1. The number of likely N-dealkylation sites (tertiary alicyclic amines) is 1. The van der Waals surface area contributed by atoms with Crippen molar-refractivity contribution in [2.75, 3.05) is 13.2 Å². The fourth-order valence-electron chi connectivity index (χ4n) is 5.60. The summed E-state index contributed by atoms with van der Waals surface area (Å²) in [7, 11) is 0. The number of alkyl carbamates (subject to hydrolysis) is 1. The summed E-state index contributed by atoms with van der Waals surface area (Å²) in [5.74, 6) is -1.30. The van der Waals surface area contributed by atoms with Crippen molar-refractivity contribution < 1.29 is 24.2 Å². The molecule has 7 nitrogen and oxygen atoms in total. The number of carboxylic acids is 1. The Kier molecular flexibility index (Phi) is 7.15. The van der Waals surface area contributed by atoms with Crippen molar-refractivity contribution in [1.29, 1.82) is 0 Å². The lowest BCUT2D eigenvalue weighted by Crippen LogP contribution is -2.58. The van der Waals surface area contributed by atoms with E-state index in [2.05, 4.69) is 29.6 Å². The molecule has 2 atom stereocenters. The van der Waals surface area contributed by atoms with Gasteiger partial charge in [0.1, 0.15) is 18.2 Å². The molecule has 1 fully saturated rings. The van der Waals surface area contributed by atoms with Crippen LogP contribution in [0, 0.1) is 5.92 Å². The predicted molar refractivity (Wildman–Crippen MR) is 133 cm³/mol. The van der Waals surface area contributed by atoms with Crippen LogP contribution < -0.4 is 5.32 Å². The maximum atomic E-state index is 13.5. The average Bonchev–Trinajstić information content (AvgIpc) is 3.42. The number of benzene rings is 2. The Hall–Kier alpha value is -3.35. The SMILES string of the molecule is CCC1(C(=O)O)CCCN1C(=O)C(CC(C)C)NC(=O)OCC1c2ccccc2-c2ccccc21. The van der Waals surface area contributed by atoms with Gasteiger partial charge in [-0.15, -0.1) is 0 Å². The second-order valence-corrected chi connectivity index (χ2v) is 9.94. The topological polar surface area (TPSA) is 95.9 Å². The van der Waals surface area contributed by atoms with Gasteiger partial charge in [0.25, 0.3) is 0 Å². The fourth-order valence-corrected chi connectivity index (χ4v) is 5.60. The molecule has 2 N–H and O–H groups in total.